The Kier molecular flexibility index (Phi) is 6.01. The molecule has 1 unspecified atom stereocenters. The minimum absolute atomic E-state index is 0.0211. The third-order valence-corrected chi connectivity index (χ3v) is 6.78. The van der Waals surface area contributed by atoms with E-state index in [9.17, 15) is 9.59 Å². The number of hydrogen-bond donors (Lipinski definition) is 1. The Morgan fingerprint density at radius 3 is 2.70 bits per heavy atom. The van der Waals surface area contributed by atoms with Gasteiger partial charge in [-0.15, -0.1) is 11.3 Å². The van der Waals surface area contributed by atoms with Crippen LogP contribution in [0.2, 0.25) is 0 Å². The summed E-state index contributed by atoms with van der Waals surface area (Å²) in [6.07, 6.45) is 4.22. The molecule has 2 heterocycles. The van der Waals surface area contributed by atoms with E-state index in [1.54, 1.807) is 15.9 Å². The number of amides is 1. The van der Waals surface area contributed by atoms with E-state index >= 15 is 0 Å². The van der Waals surface area contributed by atoms with Crippen LogP contribution in [0.4, 0.5) is 0 Å². The molecule has 4 rings (SSSR count). The van der Waals surface area contributed by atoms with Crippen LogP contribution in [-0.2, 0) is 30.7 Å². The van der Waals surface area contributed by atoms with Crippen molar-refractivity contribution in [1.29, 1.82) is 0 Å². The Labute approximate surface area is 180 Å². The van der Waals surface area contributed by atoms with E-state index in [1.807, 2.05) is 56.3 Å². The number of benzene rings is 1. The molecule has 1 aliphatic carbocycles. The maximum absolute atomic E-state index is 13.5. The van der Waals surface area contributed by atoms with Crippen LogP contribution in [0.15, 0.2) is 35.1 Å². The molecule has 2 aromatic heterocycles. The number of nitrogens with one attached hydrogen (secondary N) is 1. The van der Waals surface area contributed by atoms with Gasteiger partial charge in [0.15, 0.2) is 0 Å². The Bertz CT molecular complexity index is 1120. The predicted molar refractivity (Wildman–Crippen MR) is 121 cm³/mol. The monoisotopic (exact) mass is 424 g/mol. The van der Waals surface area contributed by atoms with Crippen LogP contribution in [0, 0.1) is 0 Å². The number of thiophene rings is 1. The minimum Gasteiger partial charge on any atom is -0.348 e. The summed E-state index contributed by atoms with van der Waals surface area (Å²) in [7, 11) is 3.88. The molecule has 1 amide bonds. The number of rotatable bonds is 6. The Morgan fingerprint density at radius 1 is 1.23 bits per heavy atom. The molecular formula is C23H28N4O2S. The van der Waals surface area contributed by atoms with Crippen LogP contribution >= 0.6 is 11.3 Å². The SMILES string of the molecule is CC(NC(=O)Cn1c(CN(C)C)nc2sc3c(c2c1=O)CCCC3)c1ccccc1. The number of nitrogens with zero attached hydrogens (tertiary/aromatic N) is 3. The molecular weight excluding hydrogens is 396 g/mol. The Balaban J connectivity index is 1.68. The average molecular weight is 425 g/mol. The van der Waals surface area contributed by atoms with Crippen molar-refractivity contribution in [3.8, 4) is 0 Å². The topological polar surface area (TPSA) is 67.2 Å². The van der Waals surface area contributed by atoms with Gasteiger partial charge in [0.05, 0.1) is 18.0 Å². The molecule has 0 saturated carbocycles. The first kappa shape index (κ1) is 20.8. The van der Waals surface area contributed by atoms with Gasteiger partial charge in [0.25, 0.3) is 5.56 Å². The van der Waals surface area contributed by atoms with Crippen LogP contribution in [0.3, 0.4) is 0 Å². The van der Waals surface area contributed by atoms with E-state index in [-0.39, 0.29) is 24.1 Å². The van der Waals surface area contributed by atoms with Crippen molar-refractivity contribution in [3.05, 3.63) is 62.5 Å². The molecule has 0 radical (unpaired) electrons. The summed E-state index contributed by atoms with van der Waals surface area (Å²) in [6, 6.07) is 9.70. The fraction of sp³-hybridized carbons (Fsp3) is 0.435. The maximum atomic E-state index is 13.5. The van der Waals surface area contributed by atoms with Crippen LogP contribution in [0.25, 0.3) is 10.2 Å². The summed E-state index contributed by atoms with van der Waals surface area (Å²) >= 11 is 1.65. The normalized spacial score (nSPS) is 14.7. The number of fused-ring (bicyclic) bond motifs is 3. The molecule has 1 atom stereocenters. The molecule has 1 aliphatic rings. The van der Waals surface area contributed by atoms with Gasteiger partial charge < -0.3 is 10.2 Å². The van der Waals surface area contributed by atoms with Gasteiger partial charge in [0.2, 0.25) is 5.91 Å². The largest absolute Gasteiger partial charge is 0.348 e. The summed E-state index contributed by atoms with van der Waals surface area (Å²) in [5.41, 5.74) is 2.10. The van der Waals surface area contributed by atoms with E-state index in [0.717, 1.165) is 40.6 Å². The third kappa shape index (κ3) is 4.18. The first-order valence-electron chi connectivity index (χ1n) is 10.5. The fourth-order valence-corrected chi connectivity index (χ4v) is 5.37. The van der Waals surface area contributed by atoms with Crippen molar-refractivity contribution in [2.24, 2.45) is 0 Å². The lowest BCUT2D eigenvalue weighted by Crippen LogP contribution is -2.36. The highest BCUT2D eigenvalue weighted by Gasteiger charge is 2.23. The smallest absolute Gasteiger partial charge is 0.263 e. The molecule has 7 heteroatoms. The number of carbonyl (C=O) groups is 1. The second-order valence-electron chi connectivity index (χ2n) is 8.25. The third-order valence-electron chi connectivity index (χ3n) is 5.59. The first-order chi connectivity index (χ1) is 14.4. The predicted octanol–water partition coefficient (Wildman–Crippen LogP) is 3.28. The van der Waals surface area contributed by atoms with E-state index < -0.39 is 0 Å². The number of hydrogen-bond acceptors (Lipinski definition) is 5. The van der Waals surface area contributed by atoms with Crippen LogP contribution in [0.1, 0.15) is 47.6 Å². The van der Waals surface area contributed by atoms with Crippen molar-refractivity contribution in [3.63, 3.8) is 0 Å². The molecule has 0 saturated heterocycles. The molecule has 0 spiro atoms. The zero-order chi connectivity index (χ0) is 21.3. The molecule has 0 bridgehead atoms. The fourth-order valence-electron chi connectivity index (χ4n) is 4.10. The highest BCUT2D eigenvalue weighted by molar-refractivity contribution is 7.18. The van der Waals surface area contributed by atoms with E-state index in [2.05, 4.69) is 5.32 Å². The van der Waals surface area contributed by atoms with E-state index in [1.165, 1.54) is 11.3 Å². The Morgan fingerprint density at radius 2 is 1.97 bits per heavy atom. The van der Waals surface area contributed by atoms with Gasteiger partial charge in [-0.05, 0) is 57.8 Å². The van der Waals surface area contributed by atoms with Gasteiger partial charge in [0, 0.05) is 4.88 Å². The average Bonchev–Trinajstić information content (AvgIpc) is 3.09. The maximum Gasteiger partial charge on any atom is 0.263 e. The highest BCUT2D eigenvalue weighted by atomic mass is 32.1. The second-order valence-corrected chi connectivity index (χ2v) is 9.33. The number of carbonyl (C=O) groups excluding carboxylic acids is 1. The molecule has 6 nitrogen and oxygen atoms in total. The quantitative estimate of drug-likeness (QED) is 0.660. The Hall–Kier alpha value is -2.51. The van der Waals surface area contributed by atoms with E-state index in [4.69, 9.17) is 4.98 Å². The van der Waals surface area contributed by atoms with Crippen LogP contribution in [0.5, 0.6) is 0 Å². The minimum atomic E-state index is -0.182. The summed E-state index contributed by atoms with van der Waals surface area (Å²) < 4.78 is 1.57. The van der Waals surface area contributed by atoms with Crippen molar-refractivity contribution < 1.29 is 4.79 Å². The molecule has 1 aromatic carbocycles. The molecule has 30 heavy (non-hydrogen) atoms. The second kappa shape index (κ2) is 8.70. The standard InChI is InChI=1S/C23H28N4O2S/c1-15(16-9-5-4-6-10-16)24-20(28)14-27-19(13-26(2)3)25-22-21(23(27)29)17-11-7-8-12-18(17)30-22/h4-6,9-10,15H,7-8,11-14H2,1-3H3,(H,24,28). The highest BCUT2D eigenvalue weighted by Crippen LogP contribution is 2.33. The first-order valence-corrected chi connectivity index (χ1v) is 11.3. The van der Waals surface area contributed by atoms with Gasteiger partial charge in [-0.3, -0.25) is 14.2 Å². The van der Waals surface area contributed by atoms with Crippen molar-refractivity contribution >= 4 is 27.5 Å². The molecule has 0 fully saturated rings. The summed E-state index contributed by atoms with van der Waals surface area (Å²) in [6.45, 7) is 2.44. The lowest BCUT2D eigenvalue weighted by atomic mass is 9.97. The lowest BCUT2D eigenvalue weighted by molar-refractivity contribution is -0.122. The summed E-state index contributed by atoms with van der Waals surface area (Å²) in [4.78, 5) is 35.2. The van der Waals surface area contributed by atoms with E-state index in [0.29, 0.717) is 12.4 Å². The van der Waals surface area contributed by atoms with Crippen molar-refractivity contribution in [1.82, 2.24) is 19.8 Å². The van der Waals surface area contributed by atoms with Crippen LogP contribution in [-0.4, -0.2) is 34.5 Å². The van der Waals surface area contributed by atoms with Crippen molar-refractivity contribution in [2.75, 3.05) is 14.1 Å². The molecule has 158 valence electrons. The summed E-state index contributed by atoms with van der Waals surface area (Å²) in [5, 5.41) is 3.74. The molecule has 3 aromatic rings. The van der Waals surface area contributed by atoms with Gasteiger partial charge in [0.1, 0.15) is 17.2 Å². The lowest BCUT2D eigenvalue weighted by Gasteiger charge is -2.18. The molecule has 0 aliphatic heterocycles. The zero-order valence-electron chi connectivity index (χ0n) is 17.8. The zero-order valence-corrected chi connectivity index (χ0v) is 18.6. The summed E-state index contributed by atoms with van der Waals surface area (Å²) in [5.74, 6) is 0.456. The molecule has 1 N–H and O–H groups in total. The van der Waals surface area contributed by atoms with Gasteiger partial charge in [-0.25, -0.2) is 4.98 Å². The van der Waals surface area contributed by atoms with Crippen LogP contribution < -0.4 is 10.9 Å². The number of aromatic nitrogens is 2. The van der Waals surface area contributed by atoms with Crippen molar-refractivity contribution in [2.45, 2.75) is 51.7 Å². The van der Waals surface area contributed by atoms with Gasteiger partial charge in [-0.2, -0.15) is 0 Å². The number of aryl methyl sites for hydroxylation is 2. The van der Waals surface area contributed by atoms with Gasteiger partial charge in [-0.1, -0.05) is 30.3 Å². The van der Waals surface area contributed by atoms with Gasteiger partial charge >= 0.3 is 0 Å².